The normalized spacial score (nSPS) is 15.4. The van der Waals surface area contributed by atoms with E-state index in [0.717, 1.165) is 27.8 Å². The molecular weight excluding hydrogens is 482 g/mol. The summed E-state index contributed by atoms with van der Waals surface area (Å²) in [5.41, 5.74) is 2.66. The number of nitrogens with zero attached hydrogens (tertiary/aromatic N) is 4. The Balaban J connectivity index is 1.41. The molecule has 1 fully saturated rings. The highest BCUT2D eigenvalue weighted by molar-refractivity contribution is 7.98. The second kappa shape index (κ2) is 10.0. The van der Waals surface area contributed by atoms with Crippen molar-refractivity contribution < 1.29 is 9.53 Å². The molecule has 0 saturated carbocycles. The Morgan fingerprint density at radius 2 is 1.97 bits per heavy atom. The molecule has 0 spiro atoms. The van der Waals surface area contributed by atoms with Crippen LogP contribution in [-0.2, 0) is 4.74 Å². The van der Waals surface area contributed by atoms with E-state index in [4.69, 9.17) is 21.3 Å². The molecule has 1 aliphatic rings. The van der Waals surface area contributed by atoms with Crippen LogP contribution in [0.2, 0.25) is 5.02 Å². The van der Waals surface area contributed by atoms with Gasteiger partial charge in [-0.3, -0.25) is 3.97 Å². The van der Waals surface area contributed by atoms with E-state index in [1.54, 1.807) is 30.0 Å². The van der Waals surface area contributed by atoms with Crippen LogP contribution >= 0.6 is 23.5 Å². The molecule has 1 unspecified atom stereocenters. The molecule has 1 atom stereocenters. The zero-order chi connectivity index (χ0) is 24.4. The maximum absolute atomic E-state index is 12.2. The van der Waals surface area contributed by atoms with Crippen LogP contribution in [0.25, 0.3) is 22.2 Å². The van der Waals surface area contributed by atoms with Crippen LogP contribution < -0.4 is 5.32 Å². The van der Waals surface area contributed by atoms with E-state index in [0.29, 0.717) is 35.5 Å². The minimum Gasteiger partial charge on any atom is -0.416 e. The lowest BCUT2D eigenvalue weighted by atomic mass is 10.1. The number of fused-ring (bicyclic) bond motifs is 1. The molecule has 1 amide bonds. The summed E-state index contributed by atoms with van der Waals surface area (Å²) < 4.78 is 7.26. The molecule has 1 saturated heterocycles. The number of amides is 1. The van der Waals surface area contributed by atoms with Gasteiger partial charge in [0.1, 0.15) is 0 Å². The largest absolute Gasteiger partial charge is 0.416 e. The van der Waals surface area contributed by atoms with Crippen molar-refractivity contribution in [2.24, 2.45) is 0 Å². The maximum Gasteiger partial charge on any atom is 0.414 e. The standard InChI is InChI=1S/C26H24ClN5O2S/c1-17(2)34-26(33)31-13-12-18(15-31)29-25-28-14-22(27)24(30-25)21-16-32(23-11-7-6-10-20(21)23)35-19-8-4-3-5-9-19/h3-11,14,16,18H,1,12-13,15H2,2H3,(H,28,29,30). The zero-order valence-corrected chi connectivity index (χ0v) is 20.7. The van der Waals surface area contributed by atoms with Crippen molar-refractivity contribution in [3.63, 3.8) is 0 Å². The van der Waals surface area contributed by atoms with E-state index < -0.39 is 0 Å². The van der Waals surface area contributed by atoms with Crippen molar-refractivity contribution >= 4 is 46.5 Å². The summed E-state index contributed by atoms with van der Waals surface area (Å²) in [5, 5.41) is 4.87. The summed E-state index contributed by atoms with van der Waals surface area (Å²) in [4.78, 5) is 24.1. The highest BCUT2D eigenvalue weighted by Crippen LogP contribution is 2.37. The lowest BCUT2D eigenvalue weighted by molar-refractivity contribution is 0.138. The van der Waals surface area contributed by atoms with Crippen LogP contribution in [0.3, 0.4) is 0 Å². The number of aromatic nitrogens is 3. The number of para-hydroxylation sites is 1. The van der Waals surface area contributed by atoms with E-state index in [1.807, 2.05) is 30.3 Å². The Morgan fingerprint density at radius 1 is 1.20 bits per heavy atom. The highest BCUT2D eigenvalue weighted by Gasteiger charge is 2.28. The van der Waals surface area contributed by atoms with Gasteiger partial charge in [0.2, 0.25) is 5.95 Å². The number of allylic oxidation sites excluding steroid dienone is 1. The molecule has 0 radical (unpaired) electrons. The molecule has 7 nitrogen and oxygen atoms in total. The Bertz CT molecular complexity index is 1390. The Kier molecular flexibility index (Phi) is 6.66. The SMILES string of the molecule is C=C(C)OC(=O)N1CCC(Nc2ncc(Cl)c(-c3cn(Sc4ccccc4)c4ccccc34)n2)C1. The maximum atomic E-state index is 12.2. The number of rotatable bonds is 6. The van der Waals surface area contributed by atoms with Gasteiger partial charge in [0, 0.05) is 41.2 Å². The lowest BCUT2D eigenvalue weighted by Gasteiger charge is -2.17. The number of anilines is 1. The van der Waals surface area contributed by atoms with E-state index in [-0.39, 0.29) is 12.1 Å². The number of benzene rings is 2. The fourth-order valence-corrected chi connectivity index (χ4v) is 5.19. The Hall–Kier alpha value is -3.49. The second-order valence-corrected chi connectivity index (χ2v) is 9.78. The van der Waals surface area contributed by atoms with Gasteiger partial charge in [-0.05, 0) is 43.5 Å². The number of carbonyl (C=O) groups is 1. The van der Waals surface area contributed by atoms with Crippen molar-refractivity contribution in [1.29, 1.82) is 0 Å². The first-order valence-electron chi connectivity index (χ1n) is 11.2. The van der Waals surface area contributed by atoms with Gasteiger partial charge in [0.25, 0.3) is 0 Å². The Morgan fingerprint density at radius 3 is 2.77 bits per heavy atom. The Labute approximate surface area is 212 Å². The van der Waals surface area contributed by atoms with Crippen molar-refractivity contribution in [3.05, 3.63) is 84.4 Å². The van der Waals surface area contributed by atoms with E-state index >= 15 is 0 Å². The number of carbonyl (C=O) groups excluding carboxylic acids is 1. The molecule has 178 valence electrons. The van der Waals surface area contributed by atoms with Crippen LogP contribution in [-0.4, -0.2) is 44.1 Å². The van der Waals surface area contributed by atoms with Gasteiger partial charge in [-0.15, -0.1) is 0 Å². The summed E-state index contributed by atoms with van der Waals surface area (Å²) in [6.45, 7) is 6.37. The molecule has 2 aromatic carbocycles. The van der Waals surface area contributed by atoms with E-state index in [9.17, 15) is 4.79 Å². The zero-order valence-electron chi connectivity index (χ0n) is 19.1. The molecule has 9 heteroatoms. The number of hydrogen-bond acceptors (Lipinski definition) is 6. The van der Waals surface area contributed by atoms with Crippen LogP contribution in [0.4, 0.5) is 10.7 Å². The number of hydrogen-bond donors (Lipinski definition) is 1. The van der Waals surface area contributed by atoms with Crippen molar-refractivity contribution in [3.8, 4) is 11.3 Å². The molecule has 4 aromatic rings. The summed E-state index contributed by atoms with van der Waals surface area (Å²) in [5.74, 6) is 0.846. The van der Waals surface area contributed by atoms with Crippen LogP contribution in [0.1, 0.15) is 13.3 Å². The van der Waals surface area contributed by atoms with Crippen molar-refractivity contribution in [2.45, 2.75) is 24.3 Å². The summed E-state index contributed by atoms with van der Waals surface area (Å²) in [7, 11) is 0. The minimum atomic E-state index is -0.386. The number of nitrogens with one attached hydrogen (secondary N) is 1. The number of likely N-dealkylation sites (tertiary alicyclic amines) is 1. The average molecular weight is 506 g/mol. The quantitative estimate of drug-likeness (QED) is 0.303. The fourth-order valence-electron chi connectivity index (χ4n) is 4.07. The first-order chi connectivity index (χ1) is 17.0. The third-order valence-electron chi connectivity index (χ3n) is 5.67. The van der Waals surface area contributed by atoms with E-state index in [2.05, 4.69) is 51.3 Å². The molecule has 1 N–H and O–H groups in total. The third-order valence-corrected chi connectivity index (χ3v) is 6.92. The van der Waals surface area contributed by atoms with E-state index in [1.165, 1.54) is 0 Å². The van der Waals surface area contributed by atoms with Crippen LogP contribution in [0, 0.1) is 0 Å². The second-order valence-electron chi connectivity index (χ2n) is 8.33. The van der Waals surface area contributed by atoms with Crippen molar-refractivity contribution in [2.75, 3.05) is 18.4 Å². The monoisotopic (exact) mass is 505 g/mol. The molecule has 0 aliphatic carbocycles. The molecule has 5 rings (SSSR count). The molecule has 3 heterocycles. The van der Waals surface area contributed by atoms with Gasteiger partial charge in [-0.1, -0.05) is 54.6 Å². The van der Waals surface area contributed by atoms with Gasteiger partial charge < -0.3 is 15.0 Å². The molecular formula is C26H24ClN5O2S. The highest BCUT2D eigenvalue weighted by atomic mass is 35.5. The number of halogens is 1. The smallest absolute Gasteiger partial charge is 0.414 e. The lowest BCUT2D eigenvalue weighted by Crippen LogP contribution is -2.32. The molecule has 35 heavy (non-hydrogen) atoms. The van der Waals surface area contributed by atoms with Crippen LogP contribution in [0.5, 0.6) is 0 Å². The molecule has 2 aromatic heterocycles. The molecule has 1 aliphatic heterocycles. The molecule has 0 bridgehead atoms. The van der Waals surface area contributed by atoms with Gasteiger partial charge in [0.15, 0.2) is 0 Å². The number of ether oxygens (including phenoxy) is 1. The minimum absolute atomic E-state index is 0.0108. The first kappa shape index (κ1) is 23.3. The third kappa shape index (κ3) is 5.13. The predicted octanol–water partition coefficient (Wildman–Crippen LogP) is 6.46. The topological polar surface area (TPSA) is 72.3 Å². The van der Waals surface area contributed by atoms with Gasteiger partial charge >= 0.3 is 6.09 Å². The summed E-state index contributed by atoms with van der Waals surface area (Å²) in [6, 6.07) is 18.4. The van der Waals surface area contributed by atoms with Crippen LogP contribution in [0.15, 0.2) is 84.2 Å². The fraction of sp³-hybridized carbons (Fsp3) is 0.192. The van der Waals surface area contributed by atoms with Gasteiger partial charge in [-0.2, -0.15) is 0 Å². The summed E-state index contributed by atoms with van der Waals surface area (Å²) >= 11 is 8.22. The van der Waals surface area contributed by atoms with Crippen molar-refractivity contribution in [1.82, 2.24) is 18.8 Å². The predicted molar refractivity (Wildman–Crippen MR) is 141 cm³/mol. The van der Waals surface area contributed by atoms with Gasteiger partial charge in [0.05, 0.1) is 28.2 Å². The van der Waals surface area contributed by atoms with Gasteiger partial charge in [-0.25, -0.2) is 14.8 Å². The average Bonchev–Trinajstić information content (AvgIpc) is 3.46. The summed E-state index contributed by atoms with van der Waals surface area (Å²) in [6.07, 6.45) is 4.05. The first-order valence-corrected chi connectivity index (χ1v) is 12.4.